The highest BCUT2D eigenvalue weighted by atomic mass is 32.1. The molecule has 0 heterocycles. The van der Waals surface area contributed by atoms with Crippen LogP contribution in [0.4, 0.5) is 4.39 Å². The van der Waals surface area contributed by atoms with Gasteiger partial charge in [0.25, 0.3) is 0 Å². The van der Waals surface area contributed by atoms with Crippen LogP contribution in [-0.4, -0.2) is 33.9 Å². The Hall–Kier alpha value is -2.54. The highest BCUT2D eigenvalue weighted by Crippen LogP contribution is 2.26. The van der Waals surface area contributed by atoms with Crippen LogP contribution in [-0.2, 0) is 16.0 Å². The van der Waals surface area contributed by atoms with Gasteiger partial charge < -0.3 is 15.5 Å². The van der Waals surface area contributed by atoms with E-state index in [9.17, 15) is 24.2 Å². The molecule has 27 heavy (non-hydrogen) atoms. The Labute approximate surface area is 162 Å². The third-order valence-corrected chi connectivity index (χ3v) is 4.92. The van der Waals surface area contributed by atoms with E-state index in [4.69, 9.17) is 0 Å². The summed E-state index contributed by atoms with van der Waals surface area (Å²) < 4.78 is 13.1. The summed E-state index contributed by atoms with van der Waals surface area (Å²) in [7, 11) is 0. The second-order valence-corrected chi connectivity index (χ2v) is 6.76. The quantitative estimate of drug-likeness (QED) is 0.521. The average Bonchev–Trinajstić information content (AvgIpc) is 2.64. The zero-order valence-electron chi connectivity index (χ0n) is 14.8. The number of phenolic OH excluding ortho intramolecular Hbond substituents is 1. The number of carbonyl (C=O) groups is 2. The van der Waals surface area contributed by atoms with Crippen LogP contribution in [0.2, 0.25) is 0 Å². The molecular formula is C20H22FNO4S. The number of aromatic hydroxyl groups is 1. The van der Waals surface area contributed by atoms with Gasteiger partial charge in [0.05, 0.1) is 5.92 Å². The summed E-state index contributed by atoms with van der Waals surface area (Å²) in [5.74, 6) is -2.46. The van der Waals surface area contributed by atoms with Gasteiger partial charge in [-0.25, -0.2) is 9.18 Å². The predicted molar refractivity (Wildman–Crippen MR) is 104 cm³/mol. The summed E-state index contributed by atoms with van der Waals surface area (Å²) in [6.07, 6.45) is 0.0889. The van der Waals surface area contributed by atoms with Crippen molar-refractivity contribution in [2.75, 3.05) is 5.75 Å². The van der Waals surface area contributed by atoms with Crippen molar-refractivity contribution in [2.45, 2.75) is 25.3 Å². The van der Waals surface area contributed by atoms with Gasteiger partial charge in [-0.05, 0) is 41.3 Å². The van der Waals surface area contributed by atoms with E-state index in [1.165, 1.54) is 24.3 Å². The lowest BCUT2D eigenvalue weighted by molar-refractivity contribution is -0.142. The average molecular weight is 391 g/mol. The molecule has 2 aromatic carbocycles. The standard InChI is InChI=1S/C20H22FNO4S/c1-12(14-4-6-15(21)7-5-14)17(11-27)19(24)22-18(20(25)26)10-13-2-8-16(23)9-3-13/h2-9,12,17-18,23,27H,10-11H2,1H3,(H,22,24)(H,25,26)/t12?,17?,18-/m0/s1. The minimum absolute atomic E-state index is 0.0814. The van der Waals surface area contributed by atoms with E-state index in [0.29, 0.717) is 5.56 Å². The number of rotatable bonds is 8. The molecule has 3 N–H and O–H groups in total. The van der Waals surface area contributed by atoms with Crippen LogP contribution in [0.3, 0.4) is 0 Å². The molecule has 0 saturated heterocycles. The van der Waals surface area contributed by atoms with Gasteiger partial charge in [0, 0.05) is 12.2 Å². The van der Waals surface area contributed by atoms with Crippen molar-refractivity contribution in [1.29, 1.82) is 0 Å². The van der Waals surface area contributed by atoms with E-state index in [0.717, 1.165) is 5.56 Å². The number of hydrogen-bond donors (Lipinski definition) is 4. The summed E-state index contributed by atoms with van der Waals surface area (Å²) in [6.45, 7) is 1.82. The number of halogens is 1. The van der Waals surface area contributed by atoms with Crippen LogP contribution in [0.1, 0.15) is 24.0 Å². The molecule has 5 nitrogen and oxygen atoms in total. The molecule has 3 atom stereocenters. The molecule has 0 fully saturated rings. The Kier molecular flexibility index (Phi) is 7.24. The van der Waals surface area contributed by atoms with Gasteiger partial charge in [0.15, 0.2) is 0 Å². The number of amides is 1. The molecule has 0 saturated carbocycles. The second kappa shape index (κ2) is 9.41. The van der Waals surface area contributed by atoms with E-state index in [1.807, 2.05) is 6.92 Å². The number of carboxylic acids is 1. The molecule has 0 aliphatic heterocycles. The first kappa shape index (κ1) is 20.8. The molecule has 2 aromatic rings. The first-order valence-corrected chi connectivity index (χ1v) is 9.12. The van der Waals surface area contributed by atoms with Gasteiger partial charge in [-0.2, -0.15) is 12.6 Å². The molecule has 2 unspecified atom stereocenters. The van der Waals surface area contributed by atoms with E-state index >= 15 is 0 Å². The van der Waals surface area contributed by atoms with Crippen molar-refractivity contribution in [1.82, 2.24) is 5.32 Å². The fourth-order valence-corrected chi connectivity index (χ4v) is 3.30. The molecule has 0 aliphatic carbocycles. The van der Waals surface area contributed by atoms with Crippen molar-refractivity contribution >= 4 is 24.5 Å². The summed E-state index contributed by atoms with van der Waals surface area (Å²) >= 11 is 4.24. The lowest BCUT2D eigenvalue weighted by Crippen LogP contribution is -2.46. The van der Waals surface area contributed by atoms with Crippen LogP contribution in [0.25, 0.3) is 0 Å². The zero-order valence-corrected chi connectivity index (χ0v) is 15.7. The maximum Gasteiger partial charge on any atom is 0.326 e. The molecule has 7 heteroatoms. The van der Waals surface area contributed by atoms with Gasteiger partial charge >= 0.3 is 5.97 Å². The maximum atomic E-state index is 13.1. The molecule has 0 aliphatic rings. The summed E-state index contributed by atoms with van der Waals surface area (Å²) in [4.78, 5) is 24.2. The minimum Gasteiger partial charge on any atom is -0.508 e. The van der Waals surface area contributed by atoms with Crippen LogP contribution < -0.4 is 5.32 Å². The molecule has 0 radical (unpaired) electrons. The van der Waals surface area contributed by atoms with Crippen LogP contribution in [0, 0.1) is 11.7 Å². The monoisotopic (exact) mass is 391 g/mol. The molecular weight excluding hydrogens is 369 g/mol. The van der Waals surface area contributed by atoms with Gasteiger partial charge in [-0.1, -0.05) is 31.2 Å². The molecule has 0 bridgehead atoms. The molecule has 144 valence electrons. The largest absolute Gasteiger partial charge is 0.508 e. The Morgan fingerprint density at radius 1 is 1.11 bits per heavy atom. The van der Waals surface area contributed by atoms with Gasteiger partial charge in [-0.3, -0.25) is 4.79 Å². The fraction of sp³-hybridized carbons (Fsp3) is 0.300. The lowest BCUT2D eigenvalue weighted by Gasteiger charge is -2.24. The van der Waals surface area contributed by atoms with Gasteiger partial charge in [-0.15, -0.1) is 0 Å². The summed E-state index contributed by atoms with van der Waals surface area (Å²) in [5.41, 5.74) is 1.45. The maximum absolute atomic E-state index is 13.1. The fourth-order valence-electron chi connectivity index (χ4n) is 2.81. The Bertz CT molecular complexity index is 780. The molecule has 0 aromatic heterocycles. The SMILES string of the molecule is CC(c1ccc(F)cc1)C(CS)C(=O)N[C@@H](Cc1ccc(O)cc1)C(=O)O. The van der Waals surface area contributed by atoms with Crippen molar-refractivity contribution in [3.05, 3.63) is 65.5 Å². The number of carboxylic acid groups (broad SMARTS) is 1. The van der Waals surface area contributed by atoms with Gasteiger partial charge in [0.1, 0.15) is 17.6 Å². The van der Waals surface area contributed by atoms with Crippen molar-refractivity contribution in [2.24, 2.45) is 5.92 Å². The highest BCUT2D eigenvalue weighted by Gasteiger charge is 2.29. The summed E-state index contributed by atoms with van der Waals surface area (Å²) in [5, 5.41) is 21.3. The Morgan fingerprint density at radius 3 is 2.22 bits per heavy atom. The number of nitrogens with one attached hydrogen (secondary N) is 1. The number of carbonyl (C=O) groups excluding carboxylic acids is 1. The first-order valence-electron chi connectivity index (χ1n) is 8.49. The Balaban J connectivity index is 2.10. The first-order chi connectivity index (χ1) is 12.8. The van der Waals surface area contributed by atoms with E-state index in [2.05, 4.69) is 17.9 Å². The van der Waals surface area contributed by atoms with Crippen molar-refractivity contribution in [3.8, 4) is 5.75 Å². The van der Waals surface area contributed by atoms with E-state index < -0.39 is 23.8 Å². The molecule has 1 amide bonds. The molecule has 0 spiro atoms. The second-order valence-electron chi connectivity index (χ2n) is 6.40. The van der Waals surface area contributed by atoms with Crippen LogP contribution in [0.5, 0.6) is 5.75 Å². The number of benzene rings is 2. The number of phenols is 1. The zero-order chi connectivity index (χ0) is 20.0. The highest BCUT2D eigenvalue weighted by molar-refractivity contribution is 7.80. The lowest BCUT2D eigenvalue weighted by atomic mass is 9.88. The number of thiol groups is 1. The predicted octanol–water partition coefficient (Wildman–Crippen LogP) is 2.99. The normalized spacial score (nSPS) is 14.2. The van der Waals surface area contributed by atoms with Crippen molar-refractivity contribution in [3.63, 3.8) is 0 Å². The van der Waals surface area contributed by atoms with Crippen LogP contribution in [0.15, 0.2) is 48.5 Å². The van der Waals surface area contributed by atoms with E-state index in [1.54, 1.807) is 24.3 Å². The minimum atomic E-state index is -1.15. The third-order valence-electron chi connectivity index (χ3n) is 4.52. The topological polar surface area (TPSA) is 86.6 Å². The van der Waals surface area contributed by atoms with Gasteiger partial charge in [0.2, 0.25) is 5.91 Å². The molecule has 2 rings (SSSR count). The van der Waals surface area contributed by atoms with Crippen molar-refractivity contribution < 1.29 is 24.2 Å². The Morgan fingerprint density at radius 2 is 1.70 bits per heavy atom. The number of aliphatic carboxylic acids is 1. The van der Waals surface area contributed by atoms with Crippen LogP contribution >= 0.6 is 12.6 Å². The smallest absolute Gasteiger partial charge is 0.326 e. The third kappa shape index (κ3) is 5.72. The number of hydrogen-bond acceptors (Lipinski definition) is 4. The summed E-state index contributed by atoms with van der Waals surface area (Å²) in [6, 6.07) is 10.9. The van der Waals surface area contributed by atoms with E-state index in [-0.39, 0.29) is 29.7 Å².